The summed E-state index contributed by atoms with van der Waals surface area (Å²) in [5.74, 6) is 1.15. The molecule has 0 aliphatic heterocycles. The normalized spacial score (nSPS) is 10.7. The zero-order valence-corrected chi connectivity index (χ0v) is 14.8. The molecule has 2 N–H and O–H groups in total. The monoisotopic (exact) mass is 451 g/mol. The van der Waals surface area contributed by atoms with E-state index in [0.29, 0.717) is 16.7 Å². The van der Waals surface area contributed by atoms with Crippen LogP contribution < -0.4 is 5.73 Å². The smallest absolute Gasteiger partial charge is 0.162 e. The molecule has 0 aliphatic rings. The van der Waals surface area contributed by atoms with Gasteiger partial charge in [0.15, 0.2) is 5.82 Å². The molecule has 1 aromatic carbocycles. The average Bonchev–Trinajstić information content (AvgIpc) is 2.35. The Morgan fingerprint density at radius 1 is 1.37 bits per heavy atom. The van der Waals surface area contributed by atoms with Crippen LogP contribution in [0.5, 0.6) is 0 Å². The molecular formula is C13H12BrClIN3. The second-order valence-electron chi connectivity index (χ2n) is 4.07. The second kappa shape index (κ2) is 6.37. The summed E-state index contributed by atoms with van der Waals surface area (Å²) < 4.78 is 1.80. The lowest BCUT2D eigenvalue weighted by atomic mass is 10.2. The zero-order chi connectivity index (χ0) is 14.0. The van der Waals surface area contributed by atoms with Gasteiger partial charge in [0.05, 0.1) is 9.26 Å². The Hall–Kier alpha value is -0.400. The summed E-state index contributed by atoms with van der Waals surface area (Å²) in [7, 11) is 0. The number of nitrogens with two attached hydrogens (primary N) is 1. The molecule has 0 spiro atoms. The van der Waals surface area contributed by atoms with Gasteiger partial charge in [-0.1, -0.05) is 24.9 Å². The van der Waals surface area contributed by atoms with Crippen LogP contribution in [0, 0.1) is 3.57 Å². The lowest BCUT2D eigenvalue weighted by Crippen LogP contribution is -2.05. The van der Waals surface area contributed by atoms with Crippen molar-refractivity contribution in [2.75, 3.05) is 5.73 Å². The zero-order valence-electron chi connectivity index (χ0n) is 10.3. The van der Waals surface area contributed by atoms with Crippen LogP contribution in [0.1, 0.15) is 19.0 Å². The Morgan fingerprint density at radius 3 is 2.74 bits per heavy atom. The SMILES string of the molecule is CCCc1nc(-c2ccc(Cl)cc2Br)nc(N)c1I. The first kappa shape index (κ1) is 15.0. The molecule has 0 saturated carbocycles. The van der Waals surface area contributed by atoms with E-state index in [1.807, 2.05) is 18.2 Å². The molecule has 0 saturated heterocycles. The van der Waals surface area contributed by atoms with Gasteiger partial charge in [-0.2, -0.15) is 0 Å². The maximum absolute atomic E-state index is 5.97. The quantitative estimate of drug-likeness (QED) is 0.687. The van der Waals surface area contributed by atoms with Crippen LogP contribution in [0.2, 0.25) is 5.02 Å². The number of aryl methyl sites for hydroxylation is 1. The number of halogens is 3. The topological polar surface area (TPSA) is 51.8 Å². The maximum atomic E-state index is 5.97. The molecule has 0 unspecified atom stereocenters. The molecule has 1 aromatic heterocycles. The van der Waals surface area contributed by atoms with Crippen molar-refractivity contribution in [3.63, 3.8) is 0 Å². The highest BCUT2D eigenvalue weighted by molar-refractivity contribution is 14.1. The Balaban J connectivity index is 2.56. The molecule has 0 atom stereocenters. The van der Waals surface area contributed by atoms with E-state index in [2.05, 4.69) is 55.4 Å². The van der Waals surface area contributed by atoms with Crippen LogP contribution in [-0.2, 0) is 6.42 Å². The molecule has 3 nitrogen and oxygen atoms in total. The first-order valence-corrected chi connectivity index (χ1v) is 8.05. The van der Waals surface area contributed by atoms with E-state index < -0.39 is 0 Å². The van der Waals surface area contributed by atoms with Gasteiger partial charge in [0.2, 0.25) is 0 Å². The Bertz CT molecular complexity index is 619. The van der Waals surface area contributed by atoms with Gasteiger partial charge in [0.1, 0.15) is 5.82 Å². The molecule has 0 fully saturated rings. The summed E-state index contributed by atoms with van der Waals surface area (Å²) in [5, 5.41) is 0.669. The second-order valence-corrected chi connectivity index (χ2v) is 6.44. The van der Waals surface area contributed by atoms with Gasteiger partial charge in [-0.3, -0.25) is 0 Å². The summed E-state index contributed by atoms with van der Waals surface area (Å²) in [4.78, 5) is 8.97. The van der Waals surface area contributed by atoms with Crippen molar-refractivity contribution >= 4 is 55.9 Å². The molecule has 0 bridgehead atoms. The number of nitrogens with zero attached hydrogens (tertiary/aromatic N) is 2. The number of rotatable bonds is 3. The van der Waals surface area contributed by atoms with E-state index in [4.69, 9.17) is 17.3 Å². The molecular weight excluding hydrogens is 440 g/mol. The van der Waals surface area contributed by atoms with Crippen LogP contribution in [0.4, 0.5) is 5.82 Å². The largest absolute Gasteiger partial charge is 0.383 e. The summed E-state index contributed by atoms with van der Waals surface area (Å²) in [6.07, 6.45) is 1.91. The van der Waals surface area contributed by atoms with Gasteiger partial charge in [-0.25, -0.2) is 9.97 Å². The van der Waals surface area contributed by atoms with Crippen molar-refractivity contribution < 1.29 is 0 Å². The van der Waals surface area contributed by atoms with Gasteiger partial charge in [0, 0.05) is 15.1 Å². The van der Waals surface area contributed by atoms with E-state index in [0.717, 1.165) is 32.1 Å². The summed E-state index contributed by atoms with van der Waals surface area (Å²) in [6.45, 7) is 2.12. The van der Waals surface area contributed by atoms with Crippen LogP contribution >= 0.6 is 50.1 Å². The predicted octanol–water partition coefficient (Wildman–Crippen LogP) is 4.70. The molecule has 2 aromatic rings. The number of hydrogen-bond donors (Lipinski definition) is 1. The Kier molecular flexibility index (Phi) is 5.03. The fourth-order valence-electron chi connectivity index (χ4n) is 1.71. The van der Waals surface area contributed by atoms with E-state index in [-0.39, 0.29) is 0 Å². The van der Waals surface area contributed by atoms with Crippen LogP contribution in [0.3, 0.4) is 0 Å². The van der Waals surface area contributed by atoms with Crippen molar-refractivity contribution in [2.45, 2.75) is 19.8 Å². The van der Waals surface area contributed by atoms with Crippen LogP contribution in [0.15, 0.2) is 22.7 Å². The summed E-state index contributed by atoms with van der Waals surface area (Å²) in [6, 6.07) is 5.54. The molecule has 0 radical (unpaired) electrons. The Labute approximate surface area is 139 Å². The fraction of sp³-hybridized carbons (Fsp3) is 0.231. The lowest BCUT2D eigenvalue weighted by molar-refractivity contribution is 0.869. The van der Waals surface area contributed by atoms with E-state index >= 15 is 0 Å². The summed E-state index contributed by atoms with van der Waals surface area (Å²) >= 11 is 11.6. The standard InChI is InChI=1S/C13H12BrClIN3/c1-2-3-10-11(16)12(17)19-13(18-10)8-5-4-7(15)6-9(8)14/h4-6H,2-3H2,1H3,(H2,17,18,19). The molecule has 6 heteroatoms. The average molecular weight is 453 g/mol. The third kappa shape index (κ3) is 3.38. The molecule has 0 amide bonds. The third-order valence-corrected chi connectivity index (χ3v) is 4.67. The van der Waals surface area contributed by atoms with Gasteiger partial charge in [0.25, 0.3) is 0 Å². The third-order valence-electron chi connectivity index (χ3n) is 2.60. The van der Waals surface area contributed by atoms with E-state index in [9.17, 15) is 0 Å². The number of aromatic nitrogens is 2. The van der Waals surface area contributed by atoms with Gasteiger partial charge in [-0.15, -0.1) is 0 Å². The van der Waals surface area contributed by atoms with Crippen molar-refractivity contribution in [1.82, 2.24) is 9.97 Å². The predicted molar refractivity (Wildman–Crippen MR) is 91.3 cm³/mol. The minimum Gasteiger partial charge on any atom is -0.383 e. The van der Waals surface area contributed by atoms with Crippen molar-refractivity contribution in [1.29, 1.82) is 0 Å². The number of hydrogen-bond acceptors (Lipinski definition) is 3. The molecule has 100 valence electrons. The van der Waals surface area contributed by atoms with Gasteiger partial charge < -0.3 is 5.73 Å². The fourth-order valence-corrected chi connectivity index (χ4v) is 3.08. The minimum absolute atomic E-state index is 0.524. The summed E-state index contributed by atoms with van der Waals surface area (Å²) in [5.41, 5.74) is 7.86. The minimum atomic E-state index is 0.524. The molecule has 0 aliphatic carbocycles. The van der Waals surface area contributed by atoms with E-state index in [1.54, 1.807) is 0 Å². The van der Waals surface area contributed by atoms with Crippen LogP contribution in [-0.4, -0.2) is 9.97 Å². The Morgan fingerprint density at radius 2 is 2.11 bits per heavy atom. The van der Waals surface area contributed by atoms with Gasteiger partial charge in [-0.05, 0) is 63.1 Å². The first-order chi connectivity index (χ1) is 9.02. The number of anilines is 1. The molecule has 19 heavy (non-hydrogen) atoms. The molecule has 2 rings (SSSR count). The van der Waals surface area contributed by atoms with Crippen molar-refractivity contribution in [3.8, 4) is 11.4 Å². The first-order valence-electron chi connectivity index (χ1n) is 5.80. The highest BCUT2D eigenvalue weighted by Crippen LogP contribution is 2.30. The van der Waals surface area contributed by atoms with Crippen molar-refractivity contribution in [2.24, 2.45) is 0 Å². The highest BCUT2D eigenvalue weighted by Gasteiger charge is 2.13. The highest BCUT2D eigenvalue weighted by atomic mass is 127. The van der Waals surface area contributed by atoms with E-state index in [1.165, 1.54) is 0 Å². The number of nitrogen functional groups attached to an aromatic ring is 1. The number of benzene rings is 1. The molecule has 1 heterocycles. The van der Waals surface area contributed by atoms with Crippen molar-refractivity contribution in [3.05, 3.63) is 37.0 Å². The lowest BCUT2D eigenvalue weighted by Gasteiger charge is -2.09. The van der Waals surface area contributed by atoms with Gasteiger partial charge >= 0.3 is 0 Å². The maximum Gasteiger partial charge on any atom is 0.162 e. The van der Waals surface area contributed by atoms with Crippen LogP contribution in [0.25, 0.3) is 11.4 Å².